The smallest absolute Gasteiger partial charge is 0.263 e. The molecule has 35 heavy (non-hydrogen) atoms. The van der Waals surface area contributed by atoms with Crippen LogP contribution in [-0.4, -0.2) is 26.5 Å². The Hall–Kier alpha value is -2.51. The summed E-state index contributed by atoms with van der Waals surface area (Å²) in [5.74, 6) is 0.358. The normalized spacial score (nSPS) is 18.7. The number of aromatic nitrogens is 2. The summed E-state index contributed by atoms with van der Waals surface area (Å²) >= 11 is 3.09. The molecule has 2 atom stereocenters. The number of fused-ring (bicyclic) bond motifs is 3. The number of nitrogens with zero attached hydrogens (tertiary/aromatic N) is 2. The first-order valence-electron chi connectivity index (χ1n) is 12.2. The number of hydrogen-bond acceptors (Lipinski definition) is 5. The maximum atomic E-state index is 13.9. The number of anilines is 1. The van der Waals surface area contributed by atoms with Gasteiger partial charge in [-0.25, -0.2) is 4.98 Å². The van der Waals surface area contributed by atoms with Crippen molar-refractivity contribution in [3.8, 4) is 5.69 Å². The van der Waals surface area contributed by atoms with Crippen molar-refractivity contribution < 1.29 is 4.79 Å². The van der Waals surface area contributed by atoms with Gasteiger partial charge in [0.1, 0.15) is 5.03 Å². The molecule has 3 aromatic rings. The average molecular weight is 506 g/mol. The van der Waals surface area contributed by atoms with Crippen molar-refractivity contribution in [3.05, 3.63) is 74.6 Å². The first-order chi connectivity index (χ1) is 16.8. The van der Waals surface area contributed by atoms with Gasteiger partial charge in [0.25, 0.3) is 5.56 Å². The van der Waals surface area contributed by atoms with E-state index in [0.29, 0.717) is 10.4 Å². The molecule has 1 aliphatic carbocycles. The minimum absolute atomic E-state index is 0.0253. The number of nitrogens with one attached hydrogen (secondary N) is 1. The molecule has 1 N–H and O–H groups in total. The first kappa shape index (κ1) is 24.2. The lowest BCUT2D eigenvalue weighted by atomic mass is 9.85. The quantitative estimate of drug-likeness (QED) is 0.249. The third kappa shape index (κ3) is 4.94. The average Bonchev–Trinajstić information content (AvgIpc) is 3.18. The topological polar surface area (TPSA) is 64.0 Å². The second-order valence-electron chi connectivity index (χ2n) is 9.78. The minimum Gasteiger partial charge on any atom is -0.325 e. The van der Waals surface area contributed by atoms with Crippen LogP contribution in [0.25, 0.3) is 5.69 Å². The van der Waals surface area contributed by atoms with Crippen LogP contribution in [-0.2, 0) is 4.79 Å². The first-order valence-corrected chi connectivity index (χ1v) is 14.1. The summed E-state index contributed by atoms with van der Waals surface area (Å²) in [5, 5.41) is 4.89. The Morgan fingerprint density at radius 3 is 2.54 bits per heavy atom. The maximum absolute atomic E-state index is 13.9. The van der Waals surface area contributed by atoms with Crippen LogP contribution in [0.15, 0.2) is 51.4 Å². The monoisotopic (exact) mass is 505 g/mol. The summed E-state index contributed by atoms with van der Waals surface area (Å²) in [6.07, 6.45) is 4.57. The van der Waals surface area contributed by atoms with E-state index in [1.54, 1.807) is 16.3 Å². The Kier molecular flexibility index (Phi) is 6.82. The molecule has 1 aromatic heterocycles. The molecule has 2 heterocycles. The Labute approximate surface area is 215 Å². The van der Waals surface area contributed by atoms with E-state index in [2.05, 4.69) is 25.2 Å². The predicted molar refractivity (Wildman–Crippen MR) is 145 cm³/mol. The van der Waals surface area contributed by atoms with Gasteiger partial charge in [0.2, 0.25) is 5.91 Å². The van der Waals surface area contributed by atoms with Gasteiger partial charge < -0.3 is 5.32 Å². The fraction of sp³-hybridized carbons (Fsp3) is 0.393. The van der Waals surface area contributed by atoms with Crippen LogP contribution in [0.4, 0.5) is 5.69 Å². The molecule has 1 saturated carbocycles. The number of amides is 1. The van der Waals surface area contributed by atoms with Crippen LogP contribution < -0.4 is 10.9 Å². The molecule has 0 unspecified atom stereocenters. The van der Waals surface area contributed by atoms with E-state index >= 15 is 0 Å². The molecule has 5 nitrogen and oxygen atoms in total. The third-order valence-corrected chi connectivity index (χ3v) is 9.32. The summed E-state index contributed by atoms with van der Waals surface area (Å²) in [4.78, 5) is 31.7. The number of carbonyl (C=O) groups is 1. The van der Waals surface area contributed by atoms with E-state index in [9.17, 15) is 9.59 Å². The summed E-state index contributed by atoms with van der Waals surface area (Å²) in [7, 11) is 0. The van der Waals surface area contributed by atoms with Crippen molar-refractivity contribution >= 4 is 35.1 Å². The predicted octanol–water partition coefficient (Wildman–Crippen LogP) is 6.33. The molecule has 1 amide bonds. The lowest BCUT2D eigenvalue weighted by Crippen LogP contribution is -2.29. The van der Waals surface area contributed by atoms with Gasteiger partial charge >= 0.3 is 0 Å². The fourth-order valence-electron chi connectivity index (χ4n) is 5.18. The Bertz CT molecular complexity index is 1340. The highest BCUT2D eigenvalue weighted by Crippen LogP contribution is 2.50. The lowest BCUT2D eigenvalue weighted by Gasteiger charge is -2.24. The molecule has 182 valence electrons. The van der Waals surface area contributed by atoms with Gasteiger partial charge in [-0.15, -0.1) is 11.8 Å². The molecule has 1 aliphatic heterocycles. The zero-order valence-corrected chi connectivity index (χ0v) is 22.3. The van der Waals surface area contributed by atoms with Gasteiger partial charge in [-0.1, -0.05) is 36.7 Å². The largest absolute Gasteiger partial charge is 0.325 e. The van der Waals surface area contributed by atoms with Gasteiger partial charge in [0.05, 0.1) is 17.0 Å². The van der Waals surface area contributed by atoms with E-state index in [-0.39, 0.29) is 23.1 Å². The Morgan fingerprint density at radius 2 is 1.80 bits per heavy atom. The zero-order valence-electron chi connectivity index (χ0n) is 20.7. The van der Waals surface area contributed by atoms with Crippen molar-refractivity contribution in [1.29, 1.82) is 0 Å². The lowest BCUT2D eigenvalue weighted by molar-refractivity contribution is -0.113. The number of carbonyl (C=O) groups excluding carboxylic acids is 1. The SMILES string of the molecule is Cc1cc(C)cc(NC(=O)CSc2nc3c(c(=O)n2-c2ccc(C)c(C)c2)[C@H]2CCCC[C@@H]2S3)c1. The highest BCUT2D eigenvalue weighted by molar-refractivity contribution is 8.00. The molecular weight excluding hydrogens is 474 g/mol. The molecule has 2 aromatic carbocycles. The van der Waals surface area contributed by atoms with Crippen LogP contribution in [0.2, 0.25) is 0 Å². The molecule has 2 aliphatic rings. The molecule has 7 heteroatoms. The maximum Gasteiger partial charge on any atom is 0.263 e. The van der Waals surface area contributed by atoms with Crippen molar-refractivity contribution in [1.82, 2.24) is 9.55 Å². The van der Waals surface area contributed by atoms with E-state index in [1.807, 2.05) is 44.2 Å². The van der Waals surface area contributed by atoms with Crippen LogP contribution in [0.5, 0.6) is 0 Å². The van der Waals surface area contributed by atoms with Crippen molar-refractivity contribution in [3.63, 3.8) is 0 Å². The van der Waals surface area contributed by atoms with Crippen LogP contribution in [0.1, 0.15) is 59.4 Å². The zero-order chi connectivity index (χ0) is 24.7. The second-order valence-corrected chi connectivity index (χ2v) is 12.0. The Morgan fingerprint density at radius 1 is 1.06 bits per heavy atom. The summed E-state index contributed by atoms with van der Waals surface area (Å²) in [6, 6.07) is 12.1. The second kappa shape index (κ2) is 9.86. The standard InChI is InChI=1S/C28H31N3O2S2/c1-16-11-17(2)13-20(12-16)29-24(32)15-34-28-30-26-25(22-7-5-6-8-23(22)35-26)27(33)31(28)21-10-9-18(3)19(4)14-21/h9-14,22-23H,5-8,15H2,1-4H3,(H,29,32)/t22-,23-/m0/s1. The van der Waals surface area contributed by atoms with Crippen molar-refractivity contribution in [2.45, 2.75) is 74.7 Å². The summed E-state index contributed by atoms with van der Waals surface area (Å²) in [5.41, 5.74) is 7.03. The summed E-state index contributed by atoms with van der Waals surface area (Å²) in [6.45, 7) is 8.16. The molecule has 0 spiro atoms. The molecular formula is C28H31N3O2S2. The Balaban J connectivity index is 1.48. The van der Waals surface area contributed by atoms with Gasteiger partial charge in [0.15, 0.2) is 5.16 Å². The third-order valence-electron chi connectivity index (χ3n) is 6.98. The van der Waals surface area contributed by atoms with Gasteiger partial charge in [-0.3, -0.25) is 14.2 Å². The van der Waals surface area contributed by atoms with Gasteiger partial charge in [0, 0.05) is 16.9 Å². The fourth-order valence-corrected chi connectivity index (χ4v) is 7.55. The number of thioether (sulfide) groups is 2. The van der Waals surface area contributed by atoms with Crippen molar-refractivity contribution in [2.24, 2.45) is 0 Å². The van der Waals surface area contributed by atoms with E-state index in [1.165, 1.54) is 30.2 Å². The number of hydrogen-bond donors (Lipinski definition) is 1. The number of benzene rings is 2. The number of rotatable bonds is 5. The molecule has 0 bridgehead atoms. The van der Waals surface area contributed by atoms with Gasteiger partial charge in [-0.05, 0) is 87.1 Å². The van der Waals surface area contributed by atoms with E-state index in [0.717, 1.165) is 51.5 Å². The highest BCUT2D eigenvalue weighted by Gasteiger charge is 2.39. The molecule has 0 saturated heterocycles. The van der Waals surface area contributed by atoms with Crippen molar-refractivity contribution in [2.75, 3.05) is 11.1 Å². The van der Waals surface area contributed by atoms with Gasteiger partial charge in [-0.2, -0.15) is 0 Å². The van der Waals surface area contributed by atoms with E-state index in [4.69, 9.17) is 4.98 Å². The summed E-state index contributed by atoms with van der Waals surface area (Å²) < 4.78 is 1.73. The van der Waals surface area contributed by atoms with E-state index < -0.39 is 0 Å². The van der Waals surface area contributed by atoms with Crippen LogP contribution in [0.3, 0.4) is 0 Å². The van der Waals surface area contributed by atoms with Crippen LogP contribution in [0, 0.1) is 27.7 Å². The molecule has 1 fully saturated rings. The molecule has 5 rings (SSSR count). The van der Waals surface area contributed by atoms with Crippen LogP contribution >= 0.6 is 23.5 Å². The minimum atomic E-state index is -0.109. The highest BCUT2D eigenvalue weighted by atomic mass is 32.2. The molecule has 0 radical (unpaired) electrons. The number of aryl methyl sites for hydroxylation is 4.